The molecule has 2 aliphatic rings. The highest BCUT2D eigenvalue weighted by Crippen LogP contribution is 2.61. The molecule has 1 heterocycles. The van der Waals surface area contributed by atoms with Gasteiger partial charge >= 0.3 is 5.97 Å². The van der Waals surface area contributed by atoms with Crippen molar-refractivity contribution in [2.75, 3.05) is 24.7 Å². The zero-order valence-electron chi connectivity index (χ0n) is 11.1. The summed E-state index contributed by atoms with van der Waals surface area (Å²) in [6.45, 7) is 0.940. The minimum Gasteiger partial charge on any atom is -0.465 e. The molecule has 2 fully saturated rings. The number of carbonyl (C=O) groups excluding carboxylic acids is 1. The Morgan fingerprint density at radius 2 is 2.32 bits per heavy atom. The Bertz CT molecular complexity index is 507. The number of ether oxygens (including phenoxy) is 1. The van der Waals surface area contributed by atoms with E-state index in [0.717, 1.165) is 12.5 Å². The van der Waals surface area contributed by atoms with Crippen molar-refractivity contribution in [1.29, 1.82) is 0 Å². The normalized spacial score (nSPS) is 19.8. The Morgan fingerprint density at radius 3 is 2.89 bits per heavy atom. The van der Waals surface area contributed by atoms with Crippen molar-refractivity contribution in [3.8, 4) is 0 Å². The molecule has 19 heavy (non-hydrogen) atoms. The van der Waals surface area contributed by atoms with Crippen LogP contribution in [-0.4, -0.2) is 24.6 Å². The summed E-state index contributed by atoms with van der Waals surface area (Å²) < 4.78 is 4.70. The quantitative estimate of drug-likeness (QED) is 0.793. The van der Waals surface area contributed by atoms with Gasteiger partial charge in [0.1, 0.15) is 5.82 Å². The van der Waals surface area contributed by atoms with Gasteiger partial charge < -0.3 is 15.8 Å². The molecule has 0 aromatic carbocycles. The Hall–Kier alpha value is -1.78. The predicted molar refractivity (Wildman–Crippen MR) is 72.9 cm³/mol. The first-order valence-electron chi connectivity index (χ1n) is 6.72. The topological polar surface area (TPSA) is 77.2 Å². The monoisotopic (exact) mass is 261 g/mol. The molecule has 2 saturated carbocycles. The molecule has 0 amide bonds. The number of methoxy groups -OCH3 is 1. The van der Waals surface area contributed by atoms with Crippen molar-refractivity contribution in [1.82, 2.24) is 4.98 Å². The minimum atomic E-state index is -0.425. The predicted octanol–water partition coefficient (Wildman–Crippen LogP) is 2.05. The van der Waals surface area contributed by atoms with Crippen molar-refractivity contribution in [3.05, 3.63) is 17.8 Å². The van der Waals surface area contributed by atoms with Crippen LogP contribution in [0.3, 0.4) is 0 Å². The van der Waals surface area contributed by atoms with Crippen molar-refractivity contribution in [2.24, 2.45) is 11.3 Å². The highest BCUT2D eigenvalue weighted by molar-refractivity contribution is 5.95. The van der Waals surface area contributed by atoms with Crippen LogP contribution in [0.15, 0.2) is 12.3 Å². The second kappa shape index (κ2) is 4.40. The first-order valence-corrected chi connectivity index (χ1v) is 6.72. The van der Waals surface area contributed by atoms with Crippen LogP contribution in [0.25, 0.3) is 0 Å². The number of hydrogen-bond donors (Lipinski definition) is 2. The van der Waals surface area contributed by atoms with Gasteiger partial charge in [-0.15, -0.1) is 0 Å². The van der Waals surface area contributed by atoms with Crippen molar-refractivity contribution >= 4 is 17.5 Å². The van der Waals surface area contributed by atoms with E-state index in [9.17, 15) is 4.79 Å². The zero-order valence-corrected chi connectivity index (χ0v) is 11.1. The molecule has 1 aromatic heterocycles. The summed E-state index contributed by atoms with van der Waals surface area (Å²) in [5.74, 6) is 1.17. The Balaban J connectivity index is 1.69. The van der Waals surface area contributed by atoms with Crippen LogP contribution in [0.1, 0.15) is 36.0 Å². The molecule has 3 rings (SSSR count). The maximum atomic E-state index is 11.6. The third-order valence-corrected chi connectivity index (χ3v) is 4.30. The maximum absolute atomic E-state index is 11.6. The third kappa shape index (κ3) is 2.37. The molecule has 0 saturated heterocycles. The molecule has 102 valence electrons. The summed E-state index contributed by atoms with van der Waals surface area (Å²) >= 11 is 0. The lowest BCUT2D eigenvalue weighted by Gasteiger charge is -2.16. The molecule has 0 spiro atoms. The van der Waals surface area contributed by atoms with Gasteiger partial charge in [-0.25, -0.2) is 9.78 Å². The third-order valence-electron chi connectivity index (χ3n) is 4.30. The van der Waals surface area contributed by atoms with E-state index in [0.29, 0.717) is 22.5 Å². The highest BCUT2D eigenvalue weighted by atomic mass is 16.5. The number of nitrogens with two attached hydrogens (primary N) is 1. The summed E-state index contributed by atoms with van der Waals surface area (Å²) in [4.78, 5) is 15.8. The lowest BCUT2D eigenvalue weighted by molar-refractivity contribution is 0.0602. The molecule has 2 aliphatic carbocycles. The van der Waals surface area contributed by atoms with Crippen LogP contribution < -0.4 is 11.1 Å². The average Bonchev–Trinajstić information content (AvgIpc) is 3.28. The Labute approximate surface area is 112 Å². The molecular weight excluding hydrogens is 242 g/mol. The lowest BCUT2D eigenvalue weighted by atomic mass is 10.0. The minimum absolute atomic E-state index is 0.348. The van der Waals surface area contributed by atoms with Gasteiger partial charge in [0.2, 0.25) is 0 Å². The number of esters is 1. The number of rotatable bonds is 5. The van der Waals surface area contributed by atoms with Crippen LogP contribution in [0, 0.1) is 11.3 Å². The molecule has 0 aliphatic heterocycles. The number of nitrogens with one attached hydrogen (secondary N) is 1. The molecule has 5 nitrogen and oxygen atoms in total. The van der Waals surface area contributed by atoms with Gasteiger partial charge in [0.15, 0.2) is 0 Å². The summed E-state index contributed by atoms with van der Waals surface area (Å²) in [5.41, 5.74) is 6.94. The SMILES string of the molecule is COC(=O)c1cc(NCC2(C3CC3)CC2)ncc1N. The number of anilines is 2. The first kappa shape index (κ1) is 12.3. The standard InChI is InChI=1S/C14H19N3O2/c1-19-13(18)10-6-12(16-7-11(10)15)17-8-14(4-5-14)9-2-3-9/h6-7,9H,2-5,8,15H2,1H3,(H,16,17). The molecular formula is C14H19N3O2. The molecule has 0 unspecified atom stereocenters. The molecule has 1 aromatic rings. The van der Waals surface area contributed by atoms with Crippen LogP contribution in [0.5, 0.6) is 0 Å². The van der Waals surface area contributed by atoms with Crippen LogP contribution in [0.2, 0.25) is 0 Å². The number of nitrogen functional groups attached to an aromatic ring is 1. The number of aromatic nitrogens is 1. The van der Waals surface area contributed by atoms with Gasteiger partial charge in [0.25, 0.3) is 0 Å². The highest BCUT2D eigenvalue weighted by Gasteiger charge is 2.53. The van der Waals surface area contributed by atoms with Gasteiger partial charge in [-0.1, -0.05) is 0 Å². The van der Waals surface area contributed by atoms with E-state index in [2.05, 4.69) is 10.3 Å². The summed E-state index contributed by atoms with van der Waals surface area (Å²) in [6, 6.07) is 1.67. The maximum Gasteiger partial charge on any atom is 0.340 e. The number of hydrogen-bond acceptors (Lipinski definition) is 5. The van der Waals surface area contributed by atoms with Gasteiger partial charge in [0.05, 0.1) is 24.6 Å². The summed E-state index contributed by atoms with van der Waals surface area (Å²) in [5, 5.41) is 3.34. The van der Waals surface area contributed by atoms with Gasteiger partial charge in [-0.3, -0.25) is 0 Å². The van der Waals surface area contributed by atoms with Crippen molar-refractivity contribution in [2.45, 2.75) is 25.7 Å². The molecule has 3 N–H and O–H groups in total. The number of pyridine rings is 1. The van der Waals surface area contributed by atoms with E-state index in [1.807, 2.05) is 0 Å². The number of nitrogens with zero attached hydrogens (tertiary/aromatic N) is 1. The van der Waals surface area contributed by atoms with Crippen LogP contribution in [0.4, 0.5) is 11.5 Å². The first-order chi connectivity index (χ1) is 9.14. The van der Waals surface area contributed by atoms with Crippen LogP contribution >= 0.6 is 0 Å². The van der Waals surface area contributed by atoms with E-state index < -0.39 is 5.97 Å². The van der Waals surface area contributed by atoms with Gasteiger partial charge in [-0.2, -0.15) is 0 Å². The van der Waals surface area contributed by atoms with E-state index in [-0.39, 0.29) is 0 Å². The molecule has 5 heteroatoms. The average molecular weight is 261 g/mol. The Kier molecular flexibility index (Phi) is 2.84. The number of carbonyl (C=O) groups is 1. The fraction of sp³-hybridized carbons (Fsp3) is 0.571. The lowest BCUT2D eigenvalue weighted by Crippen LogP contribution is -2.18. The van der Waals surface area contributed by atoms with Gasteiger partial charge in [-0.05, 0) is 43.1 Å². The molecule has 0 radical (unpaired) electrons. The van der Waals surface area contributed by atoms with E-state index in [1.165, 1.54) is 39.0 Å². The van der Waals surface area contributed by atoms with E-state index in [4.69, 9.17) is 10.5 Å². The second-order valence-electron chi connectivity index (χ2n) is 5.64. The molecule has 0 atom stereocenters. The smallest absolute Gasteiger partial charge is 0.340 e. The van der Waals surface area contributed by atoms with Crippen molar-refractivity contribution < 1.29 is 9.53 Å². The summed E-state index contributed by atoms with van der Waals surface area (Å²) in [7, 11) is 1.35. The summed E-state index contributed by atoms with van der Waals surface area (Å²) in [6.07, 6.45) is 6.85. The van der Waals surface area contributed by atoms with Gasteiger partial charge in [0, 0.05) is 6.54 Å². The second-order valence-corrected chi connectivity index (χ2v) is 5.64. The zero-order chi connectivity index (χ0) is 13.5. The fourth-order valence-corrected chi connectivity index (χ4v) is 2.70. The van der Waals surface area contributed by atoms with E-state index >= 15 is 0 Å². The van der Waals surface area contributed by atoms with Crippen molar-refractivity contribution in [3.63, 3.8) is 0 Å². The molecule has 0 bridgehead atoms. The van der Waals surface area contributed by atoms with E-state index in [1.54, 1.807) is 6.07 Å². The largest absolute Gasteiger partial charge is 0.465 e. The fourth-order valence-electron chi connectivity index (χ4n) is 2.70. The Morgan fingerprint density at radius 1 is 1.58 bits per heavy atom. The van der Waals surface area contributed by atoms with Crippen LogP contribution in [-0.2, 0) is 4.74 Å².